The van der Waals surface area contributed by atoms with Gasteiger partial charge >= 0.3 is 0 Å². The lowest BCUT2D eigenvalue weighted by molar-refractivity contribution is 0.590. The SMILES string of the molecule is CC(C)(C)c1ccc2c(c1)B1c3cc(C(C)(C)C)ccc3N(c3ccc(-c4cccc5c4-c4ccccc4C5(C)C)cc3)c3cc(C(C)(C)C)cc(c31)N2c1ccc(-c2ccccc2)cc1. The Hall–Kier alpha value is -6.58. The van der Waals surface area contributed by atoms with E-state index in [1.807, 2.05) is 0 Å². The van der Waals surface area contributed by atoms with Gasteiger partial charge in [0.25, 0.3) is 6.71 Å². The minimum absolute atomic E-state index is 0.0222. The van der Waals surface area contributed by atoms with E-state index in [4.69, 9.17) is 0 Å². The first-order chi connectivity index (χ1) is 31.4. The van der Waals surface area contributed by atoms with Crippen molar-refractivity contribution in [3.05, 3.63) is 198 Å². The van der Waals surface area contributed by atoms with E-state index in [9.17, 15) is 0 Å². The highest BCUT2D eigenvalue weighted by molar-refractivity contribution is 7.00. The molecule has 0 atom stereocenters. The second-order valence-corrected chi connectivity index (χ2v) is 22.7. The number of benzene rings is 8. The molecule has 326 valence electrons. The molecule has 0 saturated carbocycles. The van der Waals surface area contributed by atoms with Crippen LogP contribution in [0.2, 0.25) is 0 Å². The third kappa shape index (κ3) is 6.60. The van der Waals surface area contributed by atoms with Crippen LogP contribution in [0, 0.1) is 0 Å². The van der Waals surface area contributed by atoms with Gasteiger partial charge in [0.2, 0.25) is 0 Å². The molecule has 2 aliphatic heterocycles. The summed E-state index contributed by atoms with van der Waals surface area (Å²) in [5.41, 5.74) is 25.7. The Bertz CT molecular complexity index is 3210. The Morgan fingerprint density at radius 1 is 0.379 bits per heavy atom. The van der Waals surface area contributed by atoms with Crippen LogP contribution < -0.4 is 26.2 Å². The normalized spacial score (nSPS) is 14.6. The molecule has 0 radical (unpaired) electrons. The van der Waals surface area contributed by atoms with Gasteiger partial charge in [-0.15, -0.1) is 0 Å². The molecule has 11 rings (SSSR count). The lowest BCUT2D eigenvalue weighted by atomic mass is 9.33. The largest absolute Gasteiger partial charge is 0.311 e. The van der Waals surface area contributed by atoms with Gasteiger partial charge in [0, 0.05) is 39.5 Å². The zero-order valence-corrected chi connectivity index (χ0v) is 40.6. The molecule has 8 aromatic carbocycles. The number of rotatable bonds is 4. The number of nitrogens with zero attached hydrogens (tertiary/aromatic N) is 2. The molecule has 2 heterocycles. The van der Waals surface area contributed by atoms with E-state index >= 15 is 0 Å². The maximum Gasteiger partial charge on any atom is 0.252 e. The third-order valence-electron chi connectivity index (χ3n) is 14.9. The van der Waals surface area contributed by atoms with Crippen molar-refractivity contribution in [1.29, 1.82) is 0 Å². The maximum absolute atomic E-state index is 2.58. The van der Waals surface area contributed by atoms with E-state index in [-0.39, 0.29) is 28.4 Å². The second-order valence-electron chi connectivity index (χ2n) is 22.7. The molecule has 0 amide bonds. The minimum Gasteiger partial charge on any atom is -0.311 e. The summed E-state index contributed by atoms with van der Waals surface area (Å²) < 4.78 is 0. The lowest BCUT2D eigenvalue weighted by Gasteiger charge is -2.45. The molecule has 3 aliphatic rings. The Balaban J connectivity index is 1.16. The van der Waals surface area contributed by atoms with Gasteiger partial charge < -0.3 is 9.80 Å². The van der Waals surface area contributed by atoms with E-state index in [0.29, 0.717) is 0 Å². The highest BCUT2D eigenvalue weighted by Crippen LogP contribution is 2.53. The smallest absolute Gasteiger partial charge is 0.252 e. The predicted molar refractivity (Wildman–Crippen MR) is 285 cm³/mol. The van der Waals surface area contributed by atoms with E-state index in [1.54, 1.807) is 0 Å². The molecule has 66 heavy (non-hydrogen) atoms. The van der Waals surface area contributed by atoms with Gasteiger partial charge in [-0.3, -0.25) is 0 Å². The topological polar surface area (TPSA) is 6.48 Å². The second kappa shape index (κ2) is 14.7. The molecule has 0 unspecified atom stereocenters. The molecular formula is C63H61BN2. The molecule has 0 spiro atoms. The summed E-state index contributed by atoms with van der Waals surface area (Å²) in [5, 5.41) is 0. The first kappa shape index (κ1) is 42.1. The molecule has 2 nitrogen and oxygen atoms in total. The summed E-state index contributed by atoms with van der Waals surface area (Å²) in [6.07, 6.45) is 0. The molecule has 0 bridgehead atoms. The van der Waals surface area contributed by atoms with E-state index in [1.165, 1.54) is 100 Å². The van der Waals surface area contributed by atoms with Crippen molar-refractivity contribution in [2.75, 3.05) is 9.80 Å². The molecule has 0 aromatic heterocycles. The van der Waals surface area contributed by atoms with Gasteiger partial charge in [-0.25, -0.2) is 0 Å². The molecule has 0 N–H and O–H groups in total. The lowest BCUT2D eigenvalue weighted by Crippen LogP contribution is -2.61. The fraction of sp³-hybridized carbons (Fsp3) is 0.238. The van der Waals surface area contributed by atoms with Crippen molar-refractivity contribution in [3.8, 4) is 33.4 Å². The van der Waals surface area contributed by atoms with Gasteiger partial charge in [-0.2, -0.15) is 0 Å². The quantitative estimate of drug-likeness (QED) is 0.163. The number of anilines is 6. The first-order valence-electron chi connectivity index (χ1n) is 24.0. The van der Waals surface area contributed by atoms with E-state index in [2.05, 4.69) is 256 Å². The summed E-state index contributed by atoms with van der Waals surface area (Å²) >= 11 is 0. The Labute approximate surface area is 394 Å². The average Bonchev–Trinajstić information content (AvgIpc) is 3.54. The summed E-state index contributed by atoms with van der Waals surface area (Å²) in [6, 6.07) is 65.0. The Kier molecular flexibility index (Phi) is 9.38. The summed E-state index contributed by atoms with van der Waals surface area (Å²) in [6.45, 7) is 25.9. The molecule has 3 heteroatoms. The summed E-state index contributed by atoms with van der Waals surface area (Å²) in [7, 11) is 0. The fourth-order valence-electron chi connectivity index (χ4n) is 11.1. The van der Waals surface area contributed by atoms with Crippen LogP contribution in [0.15, 0.2) is 170 Å². The number of fused-ring (bicyclic) bond motifs is 7. The highest BCUT2D eigenvalue weighted by atomic mass is 15.2. The first-order valence-corrected chi connectivity index (χ1v) is 24.0. The van der Waals surface area contributed by atoms with E-state index < -0.39 is 0 Å². The van der Waals surface area contributed by atoms with Crippen LogP contribution in [0.4, 0.5) is 34.1 Å². The molecular weight excluding hydrogens is 796 g/mol. The van der Waals surface area contributed by atoms with Crippen LogP contribution in [0.25, 0.3) is 33.4 Å². The van der Waals surface area contributed by atoms with Crippen LogP contribution in [0.3, 0.4) is 0 Å². The standard InChI is InChI=1S/C63H61BN2/c1-60(2,3)43-28-34-54-52(36-43)64-53-37-44(61(4,5)6)29-35-55(53)66(47-32-26-42(27-33-47)48-21-17-23-51-58(48)49-20-15-16-22-50(49)63(51,10)11)57-39-45(62(7,8)9)38-56(59(57)64)65(54)46-30-24-41(25-31-46)40-18-13-12-14-19-40/h12-39H,1-11H3. The van der Waals surface area contributed by atoms with E-state index in [0.717, 1.165) is 11.4 Å². The van der Waals surface area contributed by atoms with Gasteiger partial charge in [0.15, 0.2) is 0 Å². The van der Waals surface area contributed by atoms with Crippen LogP contribution in [-0.2, 0) is 21.7 Å². The van der Waals surface area contributed by atoms with Crippen molar-refractivity contribution in [2.24, 2.45) is 0 Å². The van der Waals surface area contributed by atoms with Crippen LogP contribution >= 0.6 is 0 Å². The number of hydrogen-bond donors (Lipinski definition) is 0. The summed E-state index contributed by atoms with van der Waals surface area (Å²) in [5.74, 6) is 0. The molecule has 1 aliphatic carbocycles. The van der Waals surface area contributed by atoms with Gasteiger partial charge in [0.05, 0.1) is 0 Å². The van der Waals surface area contributed by atoms with Crippen LogP contribution in [0.1, 0.15) is 104 Å². The minimum atomic E-state index is -0.107. The van der Waals surface area contributed by atoms with Gasteiger partial charge in [-0.1, -0.05) is 197 Å². The van der Waals surface area contributed by atoms with Crippen molar-refractivity contribution >= 4 is 57.2 Å². The Morgan fingerprint density at radius 2 is 0.833 bits per heavy atom. The van der Waals surface area contributed by atoms with Crippen molar-refractivity contribution in [1.82, 2.24) is 0 Å². The molecule has 8 aromatic rings. The third-order valence-corrected chi connectivity index (χ3v) is 14.9. The van der Waals surface area contributed by atoms with Crippen molar-refractivity contribution in [2.45, 2.75) is 97.8 Å². The van der Waals surface area contributed by atoms with Crippen LogP contribution in [0.5, 0.6) is 0 Å². The van der Waals surface area contributed by atoms with Crippen LogP contribution in [-0.4, -0.2) is 6.71 Å². The molecule has 0 fully saturated rings. The van der Waals surface area contributed by atoms with Gasteiger partial charge in [-0.05, 0) is 142 Å². The Morgan fingerprint density at radius 3 is 1.36 bits per heavy atom. The highest BCUT2D eigenvalue weighted by Gasteiger charge is 2.45. The maximum atomic E-state index is 2.58. The molecule has 0 saturated heterocycles. The fourth-order valence-corrected chi connectivity index (χ4v) is 11.1. The zero-order chi connectivity index (χ0) is 46.1. The van der Waals surface area contributed by atoms with Gasteiger partial charge in [0.1, 0.15) is 0 Å². The summed E-state index contributed by atoms with van der Waals surface area (Å²) in [4.78, 5) is 5.15. The monoisotopic (exact) mass is 856 g/mol. The predicted octanol–water partition coefficient (Wildman–Crippen LogP) is 15.3. The van der Waals surface area contributed by atoms with Crippen molar-refractivity contribution in [3.63, 3.8) is 0 Å². The van der Waals surface area contributed by atoms with Crippen molar-refractivity contribution < 1.29 is 0 Å². The average molecular weight is 857 g/mol. The zero-order valence-electron chi connectivity index (χ0n) is 40.6. The number of hydrogen-bond acceptors (Lipinski definition) is 2.